The van der Waals surface area contributed by atoms with Gasteiger partial charge in [-0.1, -0.05) is 44.2 Å². The minimum Gasteiger partial charge on any atom is -0.353 e. The van der Waals surface area contributed by atoms with Gasteiger partial charge in [-0.3, -0.25) is 18.7 Å². The van der Waals surface area contributed by atoms with Gasteiger partial charge in [0, 0.05) is 24.3 Å². The van der Waals surface area contributed by atoms with E-state index in [-0.39, 0.29) is 6.54 Å². The predicted octanol–water partition coefficient (Wildman–Crippen LogP) is 0.692. The maximum atomic E-state index is 12.6. The summed E-state index contributed by atoms with van der Waals surface area (Å²) in [5.74, 6) is -0.404. The average molecular weight is 358 g/mol. The van der Waals surface area contributed by atoms with Crippen molar-refractivity contribution in [3.05, 3.63) is 69.0 Å². The van der Waals surface area contributed by atoms with Gasteiger partial charge in [-0.05, 0) is 18.4 Å². The van der Waals surface area contributed by atoms with Crippen LogP contribution in [-0.2, 0) is 17.9 Å². The van der Waals surface area contributed by atoms with E-state index in [0.29, 0.717) is 13.1 Å². The molecule has 0 fully saturated rings. The zero-order chi connectivity index (χ0) is 19.2. The fraction of sp³-hybridized carbons (Fsp3) is 0.421. The second-order valence-electron chi connectivity index (χ2n) is 6.48. The minimum atomic E-state index is -0.513. The summed E-state index contributed by atoms with van der Waals surface area (Å²) in [6.07, 6.45) is 2.89. The Bertz CT molecular complexity index is 851. The van der Waals surface area contributed by atoms with E-state index in [1.807, 2.05) is 44.2 Å². The van der Waals surface area contributed by atoms with Gasteiger partial charge in [0.15, 0.2) is 0 Å². The molecule has 0 saturated heterocycles. The molecule has 0 aliphatic carbocycles. The lowest BCUT2D eigenvalue weighted by atomic mass is 9.94. The molecule has 0 unspecified atom stereocenters. The Labute approximate surface area is 152 Å². The molecule has 2 aromatic rings. The van der Waals surface area contributed by atoms with Crippen LogP contribution in [0.15, 0.2) is 52.2 Å². The lowest BCUT2D eigenvalue weighted by Crippen LogP contribution is -2.51. The Morgan fingerprint density at radius 1 is 1.12 bits per heavy atom. The predicted molar refractivity (Wildman–Crippen MR) is 101 cm³/mol. The van der Waals surface area contributed by atoms with Crippen LogP contribution in [0.3, 0.4) is 0 Å². The number of carbonyl (C=O) groups excluding carboxylic acids is 1. The van der Waals surface area contributed by atoms with E-state index in [0.717, 1.165) is 23.0 Å². The van der Waals surface area contributed by atoms with E-state index >= 15 is 0 Å². The zero-order valence-corrected chi connectivity index (χ0v) is 15.3. The summed E-state index contributed by atoms with van der Waals surface area (Å²) in [6, 6.07) is 10.7. The van der Waals surface area contributed by atoms with Crippen molar-refractivity contribution in [2.75, 3.05) is 6.54 Å². The fourth-order valence-corrected chi connectivity index (χ4v) is 2.58. The lowest BCUT2D eigenvalue weighted by Gasteiger charge is -2.26. The number of nitrogens with one attached hydrogen (secondary N) is 1. The lowest BCUT2D eigenvalue weighted by molar-refractivity contribution is -0.122. The molecule has 0 bridgehead atoms. The quantitative estimate of drug-likeness (QED) is 0.725. The molecule has 0 aliphatic heterocycles. The fourth-order valence-electron chi connectivity index (χ4n) is 2.58. The highest BCUT2D eigenvalue weighted by molar-refractivity contribution is 5.75. The van der Waals surface area contributed by atoms with Crippen LogP contribution in [0.25, 0.3) is 0 Å². The summed E-state index contributed by atoms with van der Waals surface area (Å²) in [6.45, 7) is 4.23. The van der Waals surface area contributed by atoms with E-state index in [1.54, 1.807) is 0 Å². The third-order valence-corrected chi connectivity index (χ3v) is 4.68. The summed E-state index contributed by atoms with van der Waals surface area (Å²) < 4.78 is 2.35. The van der Waals surface area contributed by atoms with Gasteiger partial charge in [0.25, 0.3) is 5.56 Å². The molecule has 7 nitrogen and oxygen atoms in total. The number of amides is 1. The number of hydrogen-bond acceptors (Lipinski definition) is 4. The second-order valence-corrected chi connectivity index (χ2v) is 6.48. The highest BCUT2D eigenvalue weighted by atomic mass is 16.2. The molecule has 1 heterocycles. The van der Waals surface area contributed by atoms with Crippen molar-refractivity contribution in [3.8, 4) is 0 Å². The minimum absolute atomic E-state index is 0.304. The third-order valence-electron chi connectivity index (χ3n) is 4.68. The van der Waals surface area contributed by atoms with E-state index in [9.17, 15) is 14.4 Å². The van der Waals surface area contributed by atoms with Gasteiger partial charge in [-0.25, -0.2) is 4.79 Å². The normalized spacial score (nSPS) is 11.3. The summed E-state index contributed by atoms with van der Waals surface area (Å²) in [4.78, 5) is 36.8. The smallest absolute Gasteiger partial charge is 0.331 e. The standard InChI is InChI=1S/C19H26N4O3/c1-3-19(20,4-2)14-21-16(24)13-23-17(25)10-11-22(18(23)26)12-15-8-6-5-7-9-15/h5-11H,3-4,12-14,20H2,1-2H3,(H,21,24). The van der Waals surface area contributed by atoms with E-state index in [4.69, 9.17) is 5.73 Å². The molecule has 2 rings (SSSR count). The topological polar surface area (TPSA) is 99.1 Å². The molecule has 1 aromatic carbocycles. The Kier molecular flexibility index (Phi) is 6.52. The maximum Gasteiger partial charge on any atom is 0.331 e. The molecule has 3 N–H and O–H groups in total. The summed E-state index contributed by atoms with van der Waals surface area (Å²) in [5.41, 5.74) is 5.60. The van der Waals surface area contributed by atoms with Crippen LogP contribution in [0.4, 0.5) is 0 Å². The van der Waals surface area contributed by atoms with Crippen LogP contribution in [0.2, 0.25) is 0 Å². The zero-order valence-electron chi connectivity index (χ0n) is 15.3. The number of benzene rings is 1. The molecule has 140 valence electrons. The Morgan fingerprint density at radius 2 is 1.77 bits per heavy atom. The van der Waals surface area contributed by atoms with Crippen LogP contribution < -0.4 is 22.3 Å². The van der Waals surface area contributed by atoms with Crippen molar-refractivity contribution < 1.29 is 4.79 Å². The molecule has 1 aromatic heterocycles. The number of nitrogens with zero attached hydrogens (tertiary/aromatic N) is 2. The number of nitrogens with two attached hydrogens (primary N) is 1. The van der Waals surface area contributed by atoms with Crippen molar-refractivity contribution in [3.63, 3.8) is 0 Å². The SMILES string of the molecule is CCC(N)(CC)CNC(=O)Cn1c(=O)ccn(Cc2ccccc2)c1=O. The molecule has 0 spiro atoms. The Morgan fingerprint density at radius 3 is 2.38 bits per heavy atom. The molecule has 1 amide bonds. The van der Waals surface area contributed by atoms with Crippen LogP contribution in [0.1, 0.15) is 32.3 Å². The maximum absolute atomic E-state index is 12.6. The van der Waals surface area contributed by atoms with Gasteiger partial charge in [0.2, 0.25) is 5.91 Å². The van der Waals surface area contributed by atoms with E-state index in [1.165, 1.54) is 16.8 Å². The monoisotopic (exact) mass is 358 g/mol. The van der Waals surface area contributed by atoms with Gasteiger partial charge in [-0.15, -0.1) is 0 Å². The van der Waals surface area contributed by atoms with Crippen molar-refractivity contribution in [2.45, 2.75) is 45.3 Å². The van der Waals surface area contributed by atoms with Gasteiger partial charge in [0.05, 0.1) is 6.54 Å². The first-order valence-electron chi connectivity index (χ1n) is 8.78. The molecule has 7 heteroatoms. The highest BCUT2D eigenvalue weighted by Gasteiger charge is 2.21. The van der Waals surface area contributed by atoms with Crippen LogP contribution in [-0.4, -0.2) is 27.1 Å². The largest absolute Gasteiger partial charge is 0.353 e. The highest BCUT2D eigenvalue weighted by Crippen LogP contribution is 2.09. The number of rotatable bonds is 8. The molecular weight excluding hydrogens is 332 g/mol. The van der Waals surface area contributed by atoms with Crippen molar-refractivity contribution in [1.82, 2.24) is 14.5 Å². The molecular formula is C19H26N4O3. The van der Waals surface area contributed by atoms with Gasteiger partial charge < -0.3 is 11.1 Å². The van der Waals surface area contributed by atoms with Crippen molar-refractivity contribution >= 4 is 5.91 Å². The summed E-state index contributed by atoms with van der Waals surface area (Å²) >= 11 is 0. The van der Waals surface area contributed by atoms with Gasteiger partial charge >= 0.3 is 5.69 Å². The molecule has 0 aliphatic rings. The first-order valence-corrected chi connectivity index (χ1v) is 8.78. The second kappa shape index (κ2) is 8.62. The molecule has 0 atom stereocenters. The number of carbonyl (C=O) groups is 1. The molecule has 0 saturated carbocycles. The van der Waals surface area contributed by atoms with Gasteiger partial charge in [0.1, 0.15) is 6.54 Å². The van der Waals surface area contributed by atoms with Crippen LogP contribution >= 0.6 is 0 Å². The van der Waals surface area contributed by atoms with Crippen LogP contribution in [0, 0.1) is 0 Å². The molecule has 0 radical (unpaired) electrons. The summed E-state index contributed by atoms with van der Waals surface area (Å²) in [5, 5.41) is 2.73. The first kappa shape index (κ1) is 19.7. The van der Waals surface area contributed by atoms with Crippen LogP contribution in [0.5, 0.6) is 0 Å². The summed E-state index contributed by atoms with van der Waals surface area (Å²) in [7, 11) is 0. The number of aromatic nitrogens is 2. The van der Waals surface area contributed by atoms with Crippen molar-refractivity contribution in [1.29, 1.82) is 0 Å². The molecule has 26 heavy (non-hydrogen) atoms. The van der Waals surface area contributed by atoms with E-state index < -0.39 is 22.7 Å². The Balaban J connectivity index is 2.14. The Hall–Kier alpha value is -2.67. The van der Waals surface area contributed by atoms with Gasteiger partial charge in [-0.2, -0.15) is 0 Å². The van der Waals surface area contributed by atoms with Crippen molar-refractivity contribution in [2.24, 2.45) is 5.73 Å². The van der Waals surface area contributed by atoms with E-state index in [2.05, 4.69) is 5.32 Å². The number of hydrogen-bond donors (Lipinski definition) is 2. The third kappa shape index (κ3) is 4.92. The average Bonchev–Trinajstić information content (AvgIpc) is 2.66. The first-order chi connectivity index (χ1) is 12.4.